The van der Waals surface area contributed by atoms with Crippen LogP contribution in [-0.4, -0.2) is 73.7 Å². The van der Waals surface area contributed by atoms with Gasteiger partial charge in [0, 0.05) is 30.9 Å². The third-order valence-electron chi connectivity index (χ3n) is 5.68. The summed E-state index contributed by atoms with van der Waals surface area (Å²) in [6.07, 6.45) is 4.94. The summed E-state index contributed by atoms with van der Waals surface area (Å²) in [5, 5.41) is 23.7. The number of likely N-dealkylation sites (tertiary alicyclic amines) is 1. The molecular formula is C24H31N5O4. The van der Waals surface area contributed by atoms with Gasteiger partial charge in [-0.15, -0.1) is 0 Å². The number of phenolic OH excluding ortho intramolecular Hbond substituents is 1. The fourth-order valence-corrected chi connectivity index (χ4v) is 4.20. The number of rotatable bonds is 6. The lowest BCUT2D eigenvalue weighted by Crippen LogP contribution is -2.46. The van der Waals surface area contributed by atoms with Crippen molar-refractivity contribution in [2.45, 2.75) is 45.3 Å². The first-order valence-electron chi connectivity index (χ1n) is 11.2. The Balaban J connectivity index is 1.71. The van der Waals surface area contributed by atoms with E-state index in [2.05, 4.69) is 10.00 Å². The first-order chi connectivity index (χ1) is 15.7. The van der Waals surface area contributed by atoms with Crippen LogP contribution >= 0.6 is 0 Å². The smallest absolute Gasteiger partial charge is 0.416 e. The second-order valence-corrected chi connectivity index (χ2v) is 9.31. The number of nitrogens with zero attached hydrogens (tertiary/aromatic N) is 5. The average Bonchev–Trinajstić information content (AvgIpc) is 3.37. The number of fused-ring (bicyclic) bond motifs is 1. The summed E-state index contributed by atoms with van der Waals surface area (Å²) in [5.74, 6) is 0.623. The summed E-state index contributed by atoms with van der Waals surface area (Å²) in [6, 6.07) is 8.77. The van der Waals surface area contributed by atoms with Crippen molar-refractivity contribution in [2.75, 3.05) is 31.1 Å². The fourth-order valence-electron chi connectivity index (χ4n) is 4.20. The molecule has 176 valence electrons. The second kappa shape index (κ2) is 9.36. The Morgan fingerprint density at radius 3 is 2.85 bits per heavy atom. The Morgan fingerprint density at radius 1 is 1.30 bits per heavy atom. The Hall–Kier alpha value is -3.17. The highest BCUT2D eigenvalue weighted by Gasteiger charge is 2.32. The van der Waals surface area contributed by atoms with Crippen LogP contribution in [0.3, 0.4) is 0 Å². The zero-order valence-electron chi connectivity index (χ0n) is 19.3. The molecule has 3 aromatic rings. The molecule has 33 heavy (non-hydrogen) atoms. The van der Waals surface area contributed by atoms with Crippen LogP contribution in [0.15, 0.2) is 42.7 Å². The molecular weight excluding hydrogens is 422 g/mol. The van der Waals surface area contributed by atoms with E-state index in [-0.39, 0.29) is 18.4 Å². The molecule has 1 unspecified atom stereocenters. The molecule has 2 aromatic heterocycles. The minimum atomic E-state index is -0.650. The number of carbonyl (C=O) groups is 1. The highest BCUT2D eigenvalue weighted by atomic mass is 16.6. The molecule has 0 spiro atoms. The first kappa shape index (κ1) is 23.0. The monoisotopic (exact) mass is 453 g/mol. The molecule has 1 aromatic carbocycles. The third kappa shape index (κ3) is 5.26. The van der Waals surface area contributed by atoms with Gasteiger partial charge in [-0.2, -0.15) is 5.10 Å². The highest BCUT2D eigenvalue weighted by Crippen LogP contribution is 2.28. The number of anilines is 1. The van der Waals surface area contributed by atoms with Crippen molar-refractivity contribution in [1.82, 2.24) is 19.5 Å². The number of β-amino-alcohol motifs (C(OH)–C–C–N with tert-alkyl or cyclic N) is 1. The molecule has 9 heteroatoms. The van der Waals surface area contributed by atoms with E-state index in [1.54, 1.807) is 46.1 Å². The van der Waals surface area contributed by atoms with Crippen LogP contribution in [-0.2, 0) is 4.74 Å². The molecule has 2 N–H and O–H groups in total. The molecule has 1 amide bonds. The van der Waals surface area contributed by atoms with Crippen molar-refractivity contribution in [3.05, 3.63) is 42.7 Å². The molecule has 1 saturated heterocycles. The predicted molar refractivity (Wildman–Crippen MR) is 125 cm³/mol. The van der Waals surface area contributed by atoms with Crippen molar-refractivity contribution in [1.29, 1.82) is 0 Å². The second-order valence-electron chi connectivity index (χ2n) is 9.31. The molecule has 1 atom stereocenters. The normalized spacial score (nSPS) is 16.9. The fraction of sp³-hybridized carbons (Fsp3) is 0.458. The summed E-state index contributed by atoms with van der Waals surface area (Å²) in [4.78, 5) is 21.8. The molecule has 4 rings (SSSR count). The van der Waals surface area contributed by atoms with Gasteiger partial charge in [0.15, 0.2) is 5.65 Å². The summed E-state index contributed by atoms with van der Waals surface area (Å²) < 4.78 is 7.35. The van der Waals surface area contributed by atoms with E-state index in [9.17, 15) is 15.0 Å². The molecule has 1 aliphatic rings. The maximum absolute atomic E-state index is 13.2. The van der Waals surface area contributed by atoms with E-state index in [0.717, 1.165) is 30.5 Å². The summed E-state index contributed by atoms with van der Waals surface area (Å²) in [7, 11) is 0. The number of benzene rings is 1. The van der Waals surface area contributed by atoms with Crippen LogP contribution in [0.5, 0.6) is 5.75 Å². The van der Waals surface area contributed by atoms with Crippen LogP contribution in [0.25, 0.3) is 16.8 Å². The molecule has 0 radical (unpaired) electrons. The van der Waals surface area contributed by atoms with Crippen LogP contribution in [0, 0.1) is 0 Å². The van der Waals surface area contributed by atoms with Gasteiger partial charge in [0.25, 0.3) is 0 Å². The summed E-state index contributed by atoms with van der Waals surface area (Å²) in [5.41, 5.74) is 1.46. The average molecular weight is 454 g/mol. The molecule has 0 saturated carbocycles. The van der Waals surface area contributed by atoms with Gasteiger partial charge in [-0.3, -0.25) is 9.80 Å². The van der Waals surface area contributed by atoms with Crippen LogP contribution in [0.2, 0.25) is 0 Å². The van der Waals surface area contributed by atoms with Gasteiger partial charge in [0.1, 0.15) is 17.2 Å². The predicted octanol–water partition coefficient (Wildman–Crippen LogP) is 3.30. The minimum Gasteiger partial charge on any atom is -0.508 e. The van der Waals surface area contributed by atoms with Gasteiger partial charge in [-0.25, -0.2) is 14.3 Å². The molecule has 1 aliphatic heterocycles. The van der Waals surface area contributed by atoms with E-state index in [1.165, 1.54) is 0 Å². The van der Waals surface area contributed by atoms with Crippen molar-refractivity contribution in [3.63, 3.8) is 0 Å². The van der Waals surface area contributed by atoms with E-state index in [0.29, 0.717) is 24.6 Å². The quantitative estimate of drug-likeness (QED) is 0.590. The highest BCUT2D eigenvalue weighted by molar-refractivity contribution is 5.88. The number of carbonyl (C=O) groups excluding carboxylic acids is 1. The number of aliphatic hydroxyl groups is 1. The zero-order valence-corrected chi connectivity index (χ0v) is 19.3. The lowest BCUT2D eigenvalue weighted by molar-refractivity contribution is 0.0568. The van der Waals surface area contributed by atoms with Gasteiger partial charge in [-0.05, 0) is 63.9 Å². The van der Waals surface area contributed by atoms with Crippen molar-refractivity contribution < 1.29 is 19.7 Å². The van der Waals surface area contributed by atoms with Crippen LogP contribution < -0.4 is 4.90 Å². The number of ether oxygens (including phenoxy) is 1. The Bertz CT molecular complexity index is 1120. The maximum Gasteiger partial charge on any atom is 0.416 e. The number of amides is 1. The zero-order chi connectivity index (χ0) is 23.6. The SMILES string of the molecule is CC(C)(C)OC(=O)N(CC1CCCN1CCO)c1ccn2ncc(-c3cccc(O)c3)c2n1. The molecule has 0 aliphatic carbocycles. The Labute approximate surface area is 193 Å². The van der Waals surface area contributed by atoms with Crippen LogP contribution in [0.1, 0.15) is 33.6 Å². The number of hydrogen-bond acceptors (Lipinski definition) is 7. The van der Waals surface area contributed by atoms with E-state index >= 15 is 0 Å². The van der Waals surface area contributed by atoms with E-state index in [4.69, 9.17) is 9.72 Å². The Kier molecular flexibility index (Phi) is 6.53. The summed E-state index contributed by atoms with van der Waals surface area (Å²) in [6.45, 7) is 7.47. The lowest BCUT2D eigenvalue weighted by Gasteiger charge is -2.31. The van der Waals surface area contributed by atoms with Gasteiger partial charge >= 0.3 is 6.09 Å². The molecule has 1 fully saturated rings. The number of aromatic hydroxyl groups is 1. The molecule has 3 heterocycles. The number of hydrogen-bond donors (Lipinski definition) is 2. The standard InChI is InChI=1S/C24H31N5O4/c1-24(2,3)33-23(32)28(16-18-7-5-10-27(18)12-13-30)21-9-11-29-22(26-21)20(15-25-29)17-6-4-8-19(31)14-17/h4,6,8-9,11,14-15,18,30-31H,5,7,10,12-13,16H2,1-3H3. The number of aromatic nitrogens is 3. The van der Waals surface area contributed by atoms with Gasteiger partial charge in [0.2, 0.25) is 0 Å². The van der Waals surface area contributed by atoms with E-state index in [1.807, 2.05) is 26.8 Å². The maximum atomic E-state index is 13.2. The Morgan fingerprint density at radius 2 is 2.12 bits per heavy atom. The van der Waals surface area contributed by atoms with Gasteiger partial charge in [-0.1, -0.05) is 12.1 Å². The van der Waals surface area contributed by atoms with Crippen molar-refractivity contribution in [2.24, 2.45) is 0 Å². The van der Waals surface area contributed by atoms with E-state index < -0.39 is 11.7 Å². The number of phenols is 1. The minimum absolute atomic E-state index is 0.0796. The lowest BCUT2D eigenvalue weighted by atomic mass is 10.1. The topological polar surface area (TPSA) is 103 Å². The van der Waals surface area contributed by atoms with Gasteiger partial charge < -0.3 is 14.9 Å². The molecule has 0 bridgehead atoms. The molecule has 9 nitrogen and oxygen atoms in total. The van der Waals surface area contributed by atoms with Crippen molar-refractivity contribution in [3.8, 4) is 16.9 Å². The third-order valence-corrected chi connectivity index (χ3v) is 5.68. The van der Waals surface area contributed by atoms with Crippen LogP contribution in [0.4, 0.5) is 10.6 Å². The van der Waals surface area contributed by atoms with Crippen molar-refractivity contribution >= 4 is 17.6 Å². The number of aliphatic hydroxyl groups excluding tert-OH is 1. The van der Waals surface area contributed by atoms with Gasteiger partial charge in [0.05, 0.1) is 12.8 Å². The summed E-state index contributed by atoms with van der Waals surface area (Å²) >= 11 is 0. The first-order valence-corrected chi connectivity index (χ1v) is 11.2. The largest absolute Gasteiger partial charge is 0.508 e.